The summed E-state index contributed by atoms with van der Waals surface area (Å²) >= 11 is 0. The average Bonchev–Trinajstić information content (AvgIpc) is 2.20. The minimum Gasteiger partial charge on any atom is -0.310 e. The number of piperidine rings is 1. The van der Waals surface area contributed by atoms with Crippen molar-refractivity contribution in [3.8, 4) is 0 Å². The first-order valence-electron chi connectivity index (χ1n) is 5.02. The number of hydrogen-bond donors (Lipinski definition) is 1. The monoisotopic (exact) mass is 176 g/mol. The molecule has 0 amide bonds. The maximum atomic E-state index is 4.31. The number of aryl methyl sites for hydroxylation is 1. The second kappa shape index (κ2) is 3.88. The molecule has 70 valence electrons. The first kappa shape index (κ1) is 8.70. The van der Waals surface area contributed by atoms with Crippen molar-refractivity contribution in [3.05, 3.63) is 29.6 Å². The van der Waals surface area contributed by atoms with Crippen LogP contribution in [0, 0.1) is 6.92 Å². The van der Waals surface area contributed by atoms with E-state index in [1.54, 1.807) is 0 Å². The predicted molar refractivity (Wildman–Crippen MR) is 53.6 cm³/mol. The summed E-state index contributed by atoms with van der Waals surface area (Å²) in [6, 6.07) is 4.82. The van der Waals surface area contributed by atoms with Gasteiger partial charge in [-0.25, -0.2) is 0 Å². The van der Waals surface area contributed by atoms with Gasteiger partial charge in [-0.2, -0.15) is 0 Å². The molecule has 2 nitrogen and oxygen atoms in total. The molecule has 2 rings (SSSR count). The van der Waals surface area contributed by atoms with Crippen LogP contribution in [0.15, 0.2) is 18.3 Å². The third-order valence-electron chi connectivity index (χ3n) is 2.65. The summed E-state index contributed by atoms with van der Waals surface area (Å²) in [5, 5.41) is 3.51. The van der Waals surface area contributed by atoms with E-state index in [1.165, 1.54) is 24.8 Å². The Labute approximate surface area is 79.4 Å². The van der Waals surface area contributed by atoms with Gasteiger partial charge in [-0.1, -0.05) is 12.5 Å². The van der Waals surface area contributed by atoms with Crippen LogP contribution in [-0.4, -0.2) is 11.5 Å². The number of aromatic nitrogens is 1. The third kappa shape index (κ3) is 2.07. The second-order valence-corrected chi connectivity index (χ2v) is 3.74. The summed E-state index contributed by atoms with van der Waals surface area (Å²) in [5.74, 6) is 0. The van der Waals surface area contributed by atoms with E-state index in [2.05, 4.69) is 22.4 Å². The number of nitrogens with zero attached hydrogens (tertiary/aromatic N) is 1. The maximum absolute atomic E-state index is 4.31. The van der Waals surface area contributed by atoms with E-state index in [9.17, 15) is 0 Å². The van der Waals surface area contributed by atoms with Crippen LogP contribution in [-0.2, 0) is 0 Å². The summed E-state index contributed by atoms with van der Waals surface area (Å²) in [7, 11) is 0. The lowest BCUT2D eigenvalue weighted by Crippen LogP contribution is -2.26. The van der Waals surface area contributed by atoms with Gasteiger partial charge >= 0.3 is 0 Å². The lowest BCUT2D eigenvalue weighted by Gasteiger charge is -2.23. The summed E-state index contributed by atoms with van der Waals surface area (Å²) in [5.41, 5.74) is 2.44. The van der Waals surface area contributed by atoms with E-state index < -0.39 is 0 Å². The molecule has 2 heterocycles. The highest BCUT2D eigenvalue weighted by Gasteiger charge is 2.13. The van der Waals surface area contributed by atoms with E-state index in [-0.39, 0.29) is 0 Å². The zero-order valence-corrected chi connectivity index (χ0v) is 8.09. The normalized spacial score (nSPS) is 23.0. The Morgan fingerprint density at radius 3 is 2.92 bits per heavy atom. The lowest BCUT2D eigenvalue weighted by molar-refractivity contribution is 0.411. The zero-order valence-electron chi connectivity index (χ0n) is 8.09. The second-order valence-electron chi connectivity index (χ2n) is 3.74. The summed E-state index contributed by atoms with van der Waals surface area (Å²) < 4.78 is 0. The van der Waals surface area contributed by atoms with Crippen molar-refractivity contribution in [1.29, 1.82) is 0 Å². The standard InChI is InChI=1S/C11H16N2/c1-9-5-6-10(8-13-9)11-4-2-3-7-12-11/h5-6,8,11-12H,2-4,7H2,1H3/t11-/m0/s1. The smallest absolute Gasteiger partial charge is 0.0372 e. The fourth-order valence-electron chi connectivity index (χ4n) is 1.82. The molecule has 1 aliphatic rings. The molecule has 0 saturated carbocycles. The molecule has 0 spiro atoms. The Bertz CT molecular complexity index is 260. The molecule has 2 heteroatoms. The molecule has 1 atom stereocenters. The molecule has 1 aromatic heterocycles. The molecule has 0 aromatic carbocycles. The Hall–Kier alpha value is -0.890. The first-order valence-corrected chi connectivity index (χ1v) is 5.02. The van der Waals surface area contributed by atoms with Gasteiger partial charge in [-0.3, -0.25) is 4.98 Å². The largest absolute Gasteiger partial charge is 0.310 e. The quantitative estimate of drug-likeness (QED) is 0.709. The van der Waals surface area contributed by atoms with Gasteiger partial charge in [-0.15, -0.1) is 0 Å². The highest BCUT2D eigenvalue weighted by molar-refractivity contribution is 5.17. The van der Waals surface area contributed by atoms with E-state index >= 15 is 0 Å². The van der Waals surface area contributed by atoms with E-state index in [0.29, 0.717) is 6.04 Å². The van der Waals surface area contributed by atoms with Gasteiger partial charge in [0, 0.05) is 17.9 Å². The predicted octanol–water partition coefficient (Wildman–Crippen LogP) is 2.20. The van der Waals surface area contributed by atoms with Crippen molar-refractivity contribution < 1.29 is 0 Å². The summed E-state index contributed by atoms with van der Waals surface area (Å²) in [6.45, 7) is 3.18. The van der Waals surface area contributed by atoms with E-state index in [1.807, 2.05) is 13.1 Å². The molecule has 0 aliphatic carbocycles. The number of nitrogens with one attached hydrogen (secondary N) is 1. The van der Waals surface area contributed by atoms with Crippen LogP contribution < -0.4 is 5.32 Å². The fourth-order valence-corrected chi connectivity index (χ4v) is 1.82. The molecule has 13 heavy (non-hydrogen) atoms. The molecule has 1 N–H and O–H groups in total. The van der Waals surface area contributed by atoms with Gasteiger partial charge in [0.2, 0.25) is 0 Å². The molecule has 1 aliphatic heterocycles. The van der Waals surface area contributed by atoms with Crippen LogP contribution in [0.25, 0.3) is 0 Å². The highest BCUT2D eigenvalue weighted by atomic mass is 14.9. The molecule has 0 radical (unpaired) electrons. The molecular formula is C11H16N2. The van der Waals surface area contributed by atoms with Gasteiger partial charge in [0.1, 0.15) is 0 Å². The van der Waals surface area contributed by atoms with Crippen molar-refractivity contribution >= 4 is 0 Å². The van der Waals surface area contributed by atoms with Crippen molar-refractivity contribution in [1.82, 2.24) is 10.3 Å². The van der Waals surface area contributed by atoms with Gasteiger partial charge in [0.25, 0.3) is 0 Å². The van der Waals surface area contributed by atoms with Crippen LogP contribution in [0.1, 0.15) is 36.6 Å². The van der Waals surface area contributed by atoms with E-state index in [4.69, 9.17) is 0 Å². The Morgan fingerprint density at radius 1 is 1.38 bits per heavy atom. The Balaban J connectivity index is 2.10. The lowest BCUT2D eigenvalue weighted by atomic mass is 9.99. The highest BCUT2D eigenvalue weighted by Crippen LogP contribution is 2.21. The van der Waals surface area contributed by atoms with Crippen molar-refractivity contribution in [2.45, 2.75) is 32.2 Å². The Morgan fingerprint density at radius 2 is 2.31 bits per heavy atom. The molecule has 1 saturated heterocycles. The van der Waals surface area contributed by atoms with Crippen molar-refractivity contribution in [2.75, 3.05) is 6.54 Å². The first-order chi connectivity index (χ1) is 6.36. The van der Waals surface area contributed by atoms with Crippen LogP contribution in [0.2, 0.25) is 0 Å². The van der Waals surface area contributed by atoms with Crippen molar-refractivity contribution in [2.24, 2.45) is 0 Å². The number of hydrogen-bond acceptors (Lipinski definition) is 2. The zero-order chi connectivity index (χ0) is 9.10. The third-order valence-corrected chi connectivity index (χ3v) is 2.65. The molecule has 1 fully saturated rings. The van der Waals surface area contributed by atoms with Gasteiger partial charge in [0.05, 0.1) is 0 Å². The van der Waals surface area contributed by atoms with Gasteiger partial charge in [-0.05, 0) is 37.9 Å². The molecule has 1 aromatic rings. The number of rotatable bonds is 1. The molecular weight excluding hydrogens is 160 g/mol. The number of pyridine rings is 1. The van der Waals surface area contributed by atoms with Crippen LogP contribution in [0.4, 0.5) is 0 Å². The van der Waals surface area contributed by atoms with Gasteiger partial charge < -0.3 is 5.32 Å². The molecule has 0 unspecified atom stereocenters. The summed E-state index contributed by atoms with van der Waals surface area (Å²) in [4.78, 5) is 4.31. The molecule has 0 bridgehead atoms. The minimum atomic E-state index is 0.543. The SMILES string of the molecule is Cc1ccc([C@@H]2CCCCN2)cn1. The Kier molecular flexibility index (Phi) is 2.60. The van der Waals surface area contributed by atoms with Crippen LogP contribution >= 0.6 is 0 Å². The minimum absolute atomic E-state index is 0.543. The maximum Gasteiger partial charge on any atom is 0.0372 e. The van der Waals surface area contributed by atoms with Crippen LogP contribution in [0.3, 0.4) is 0 Å². The summed E-state index contributed by atoms with van der Waals surface area (Å²) in [6.07, 6.45) is 5.91. The van der Waals surface area contributed by atoms with Crippen LogP contribution in [0.5, 0.6) is 0 Å². The average molecular weight is 176 g/mol. The topological polar surface area (TPSA) is 24.9 Å². The van der Waals surface area contributed by atoms with Gasteiger partial charge in [0.15, 0.2) is 0 Å². The van der Waals surface area contributed by atoms with Crippen molar-refractivity contribution in [3.63, 3.8) is 0 Å². The van der Waals surface area contributed by atoms with E-state index in [0.717, 1.165) is 12.2 Å². The fraction of sp³-hybridized carbons (Fsp3) is 0.545.